The highest BCUT2D eigenvalue weighted by Gasteiger charge is 2.13. The van der Waals surface area contributed by atoms with Crippen LogP contribution in [-0.4, -0.2) is 17.0 Å². The number of non-ortho nitro benzene ring substituents is 1. The first-order valence-corrected chi connectivity index (χ1v) is 5.32. The minimum absolute atomic E-state index is 0.0914. The van der Waals surface area contributed by atoms with Gasteiger partial charge in [0.15, 0.2) is 11.5 Å². The van der Waals surface area contributed by atoms with E-state index in [2.05, 4.69) is 4.98 Å². The van der Waals surface area contributed by atoms with Crippen molar-refractivity contribution in [3.8, 4) is 17.4 Å². The van der Waals surface area contributed by atoms with E-state index in [0.717, 1.165) is 0 Å². The Morgan fingerprint density at radius 1 is 1.26 bits per heavy atom. The van der Waals surface area contributed by atoms with Gasteiger partial charge in [-0.25, -0.2) is 4.98 Å². The van der Waals surface area contributed by atoms with E-state index in [-0.39, 0.29) is 17.3 Å². The van der Waals surface area contributed by atoms with Gasteiger partial charge in [0.05, 0.1) is 30.0 Å². The lowest BCUT2D eigenvalue weighted by molar-refractivity contribution is -0.384. The molecule has 0 unspecified atom stereocenters. The minimum Gasteiger partial charge on any atom is -0.493 e. The molecule has 1 heterocycles. The van der Waals surface area contributed by atoms with Crippen molar-refractivity contribution in [1.82, 2.24) is 4.98 Å². The van der Waals surface area contributed by atoms with Crippen LogP contribution in [0.25, 0.3) is 0 Å². The molecule has 2 aromatic rings. The number of nitrogen functional groups attached to an aromatic ring is 1. The number of methoxy groups -OCH3 is 1. The van der Waals surface area contributed by atoms with Crippen molar-refractivity contribution in [2.45, 2.75) is 0 Å². The predicted octanol–water partition coefficient (Wildman–Crippen LogP) is 2.37. The average Bonchev–Trinajstić information content (AvgIpc) is 2.41. The van der Waals surface area contributed by atoms with Gasteiger partial charge in [0, 0.05) is 12.1 Å². The van der Waals surface area contributed by atoms with Crippen LogP contribution in [0.5, 0.6) is 17.4 Å². The summed E-state index contributed by atoms with van der Waals surface area (Å²) < 4.78 is 10.5. The van der Waals surface area contributed by atoms with E-state index < -0.39 is 4.92 Å². The Labute approximate surface area is 108 Å². The molecule has 1 aromatic carbocycles. The summed E-state index contributed by atoms with van der Waals surface area (Å²) in [6, 6.07) is 7.25. The molecule has 98 valence electrons. The number of aromatic nitrogens is 1. The normalized spacial score (nSPS) is 9.95. The van der Waals surface area contributed by atoms with Crippen LogP contribution < -0.4 is 15.2 Å². The molecule has 0 saturated heterocycles. The lowest BCUT2D eigenvalue weighted by atomic mass is 10.3. The quantitative estimate of drug-likeness (QED) is 0.669. The van der Waals surface area contributed by atoms with E-state index in [0.29, 0.717) is 11.4 Å². The molecule has 0 amide bonds. The number of nitrogens with zero attached hydrogens (tertiary/aromatic N) is 2. The van der Waals surface area contributed by atoms with Gasteiger partial charge >= 0.3 is 0 Å². The van der Waals surface area contributed by atoms with E-state index in [1.165, 1.54) is 31.5 Å². The first-order valence-electron chi connectivity index (χ1n) is 5.32. The van der Waals surface area contributed by atoms with E-state index in [9.17, 15) is 10.1 Å². The Bertz CT molecular complexity index is 598. The van der Waals surface area contributed by atoms with Crippen LogP contribution in [0, 0.1) is 10.1 Å². The fraction of sp³-hybridized carbons (Fsp3) is 0.0833. The highest BCUT2D eigenvalue weighted by molar-refractivity contribution is 5.50. The van der Waals surface area contributed by atoms with Crippen molar-refractivity contribution in [3.63, 3.8) is 0 Å². The second kappa shape index (κ2) is 5.21. The van der Waals surface area contributed by atoms with Crippen molar-refractivity contribution in [1.29, 1.82) is 0 Å². The molecular formula is C12H11N3O4. The summed E-state index contributed by atoms with van der Waals surface area (Å²) in [7, 11) is 1.45. The molecule has 2 rings (SSSR count). The molecule has 0 aliphatic carbocycles. The summed E-state index contributed by atoms with van der Waals surface area (Å²) in [4.78, 5) is 14.2. The molecule has 0 bridgehead atoms. The Morgan fingerprint density at radius 2 is 2.05 bits per heavy atom. The third-order valence-corrected chi connectivity index (χ3v) is 2.33. The lowest BCUT2D eigenvalue weighted by Crippen LogP contribution is -1.95. The van der Waals surface area contributed by atoms with E-state index in [1.807, 2.05) is 0 Å². The number of hydrogen-bond donors (Lipinski definition) is 1. The van der Waals surface area contributed by atoms with Gasteiger partial charge in [0.2, 0.25) is 5.88 Å². The topological polar surface area (TPSA) is 101 Å². The number of pyridine rings is 1. The van der Waals surface area contributed by atoms with Crippen molar-refractivity contribution >= 4 is 11.4 Å². The number of nitro benzene ring substituents is 1. The maximum absolute atomic E-state index is 10.7. The fourth-order valence-electron chi connectivity index (χ4n) is 1.42. The van der Waals surface area contributed by atoms with Gasteiger partial charge < -0.3 is 15.2 Å². The van der Waals surface area contributed by atoms with Gasteiger partial charge in [-0.3, -0.25) is 10.1 Å². The Morgan fingerprint density at radius 3 is 2.63 bits per heavy atom. The molecule has 7 nitrogen and oxygen atoms in total. The van der Waals surface area contributed by atoms with Gasteiger partial charge in [0.1, 0.15) is 0 Å². The molecular weight excluding hydrogens is 250 g/mol. The summed E-state index contributed by atoms with van der Waals surface area (Å²) >= 11 is 0. The van der Waals surface area contributed by atoms with Crippen LogP contribution in [0.4, 0.5) is 11.4 Å². The number of hydrogen-bond acceptors (Lipinski definition) is 6. The Kier molecular flexibility index (Phi) is 3.46. The SMILES string of the molecule is COc1ccc([N+](=O)[O-])cc1Oc1ccc(N)cn1. The summed E-state index contributed by atoms with van der Waals surface area (Å²) in [5.74, 6) is 0.867. The van der Waals surface area contributed by atoms with Gasteiger partial charge in [-0.1, -0.05) is 0 Å². The molecule has 19 heavy (non-hydrogen) atoms. The zero-order valence-electron chi connectivity index (χ0n) is 10.1. The van der Waals surface area contributed by atoms with Crippen LogP contribution in [0.2, 0.25) is 0 Å². The second-order valence-electron chi connectivity index (χ2n) is 3.62. The third-order valence-electron chi connectivity index (χ3n) is 2.33. The molecule has 0 radical (unpaired) electrons. The zero-order valence-corrected chi connectivity index (χ0v) is 10.1. The van der Waals surface area contributed by atoms with Crippen molar-refractivity contribution in [2.75, 3.05) is 12.8 Å². The van der Waals surface area contributed by atoms with Gasteiger partial charge in [-0.05, 0) is 12.1 Å². The number of anilines is 1. The Hall–Kier alpha value is -2.83. The number of rotatable bonds is 4. The Balaban J connectivity index is 2.34. The van der Waals surface area contributed by atoms with Gasteiger partial charge in [-0.15, -0.1) is 0 Å². The molecule has 0 atom stereocenters. The first-order chi connectivity index (χ1) is 9.10. The maximum Gasteiger partial charge on any atom is 0.273 e. The molecule has 0 aliphatic rings. The predicted molar refractivity (Wildman–Crippen MR) is 68.4 cm³/mol. The van der Waals surface area contributed by atoms with Crippen LogP contribution in [0.15, 0.2) is 36.5 Å². The standard InChI is InChI=1S/C12H11N3O4/c1-18-10-4-3-9(15(16)17)6-11(10)19-12-5-2-8(13)7-14-12/h2-7H,13H2,1H3. The number of nitro groups is 1. The second-order valence-corrected chi connectivity index (χ2v) is 3.62. The zero-order chi connectivity index (χ0) is 13.8. The first kappa shape index (κ1) is 12.6. The highest BCUT2D eigenvalue weighted by atomic mass is 16.6. The molecule has 0 spiro atoms. The number of ether oxygens (including phenoxy) is 2. The average molecular weight is 261 g/mol. The number of benzene rings is 1. The smallest absolute Gasteiger partial charge is 0.273 e. The van der Waals surface area contributed by atoms with E-state index >= 15 is 0 Å². The summed E-state index contributed by atoms with van der Waals surface area (Å²) in [6.07, 6.45) is 1.43. The van der Waals surface area contributed by atoms with Crippen LogP contribution in [0.3, 0.4) is 0 Å². The molecule has 2 N–H and O–H groups in total. The monoisotopic (exact) mass is 261 g/mol. The van der Waals surface area contributed by atoms with Crippen molar-refractivity contribution in [3.05, 3.63) is 46.6 Å². The summed E-state index contributed by atoms with van der Waals surface area (Å²) in [6.45, 7) is 0. The van der Waals surface area contributed by atoms with Crippen molar-refractivity contribution in [2.24, 2.45) is 0 Å². The third kappa shape index (κ3) is 2.89. The highest BCUT2D eigenvalue weighted by Crippen LogP contribution is 2.34. The molecule has 7 heteroatoms. The maximum atomic E-state index is 10.7. The van der Waals surface area contributed by atoms with Crippen LogP contribution >= 0.6 is 0 Å². The van der Waals surface area contributed by atoms with E-state index in [1.54, 1.807) is 12.1 Å². The van der Waals surface area contributed by atoms with Crippen LogP contribution in [-0.2, 0) is 0 Å². The number of nitrogens with two attached hydrogens (primary N) is 1. The largest absolute Gasteiger partial charge is 0.493 e. The lowest BCUT2D eigenvalue weighted by Gasteiger charge is -2.09. The minimum atomic E-state index is -0.511. The van der Waals surface area contributed by atoms with Gasteiger partial charge in [-0.2, -0.15) is 0 Å². The summed E-state index contributed by atoms with van der Waals surface area (Å²) in [5, 5.41) is 10.7. The van der Waals surface area contributed by atoms with Crippen LogP contribution in [0.1, 0.15) is 0 Å². The molecule has 0 fully saturated rings. The van der Waals surface area contributed by atoms with E-state index in [4.69, 9.17) is 15.2 Å². The fourth-order valence-corrected chi connectivity index (χ4v) is 1.42. The molecule has 0 aliphatic heterocycles. The molecule has 1 aromatic heterocycles. The van der Waals surface area contributed by atoms with Gasteiger partial charge in [0.25, 0.3) is 5.69 Å². The van der Waals surface area contributed by atoms with Crippen molar-refractivity contribution < 1.29 is 14.4 Å². The molecule has 0 saturated carbocycles. The summed E-state index contributed by atoms with van der Waals surface area (Å²) in [5.41, 5.74) is 5.91.